The smallest absolute Gasteiger partial charge is 0.400 e. The van der Waals surface area contributed by atoms with Crippen LogP contribution in [0.25, 0.3) is 6.08 Å². The number of nitrogens with one attached hydrogen (secondary N) is 1. The van der Waals surface area contributed by atoms with Crippen molar-refractivity contribution in [3.63, 3.8) is 0 Å². The van der Waals surface area contributed by atoms with Gasteiger partial charge in [0.25, 0.3) is 0 Å². The molecule has 1 N–H and O–H groups in total. The Labute approximate surface area is 144 Å². The molecule has 0 aliphatic carbocycles. The molecule has 1 heterocycles. The molecule has 23 heavy (non-hydrogen) atoms. The van der Waals surface area contributed by atoms with Crippen LogP contribution >= 0.6 is 12.6 Å². The van der Waals surface area contributed by atoms with Crippen LogP contribution in [0.3, 0.4) is 0 Å². The molecule has 0 bridgehead atoms. The van der Waals surface area contributed by atoms with Gasteiger partial charge in [-0.15, -0.1) is 0 Å². The largest absolute Gasteiger partial charge is 0.491 e. The van der Waals surface area contributed by atoms with E-state index < -0.39 is 7.12 Å². The van der Waals surface area contributed by atoms with E-state index in [0.717, 1.165) is 16.7 Å². The van der Waals surface area contributed by atoms with E-state index in [9.17, 15) is 4.79 Å². The van der Waals surface area contributed by atoms with E-state index in [1.54, 1.807) is 0 Å². The summed E-state index contributed by atoms with van der Waals surface area (Å²) in [7, 11) is -0.396. The van der Waals surface area contributed by atoms with Gasteiger partial charge in [-0.1, -0.05) is 18.2 Å². The predicted octanol–water partition coefficient (Wildman–Crippen LogP) is 3.59. The summed E-state index contributed by atoms with van der Waals surface area (Å²) < 4.78 is 12.1. The number of anilines is 1. The molecule has 1 aliphatic heterocycles. The zero-order valence-corrected chi connectivity index (χ0v) is 15.2. The average molecular weight is 333 g/mol. The van der Waals surface area contributed by atoms with Crippen molar-refractivity contribution >= 4 is 37.4 Å². The third-order valence-corrected chi connectivity index (χ3v) is 4.69. The molecule has 1 fully saturated rings. The molecule has 1 aromatic carbocycles. The van der Waals surface area contributed by atoms with E-state index in [1.165, 1.54) is 6.92 Å². The summed E-state index contributed by atoms with van der Waals surface area (Å²) in [4.78, 5) is 11.1. The van der Waals surface area contributed by atoms with Gasteiger partial charge in [0.1, 0.15) is 0 Å². The standard InChI is InChI=1S/C17H24BNO3S/c1-12(20)19-15-8-6-13(7-9-15)10-14(11-23)18-21-16(2,3)17(4,5)22-18/h6-10,23H,11H2,1-5H3,(H,19,20). The topological polar surface area (TPSA) is 47.6 Å². The van der Waals surface area contributed by atoms with E-state index in [1.807, 2.05) is 58.0 Å². The SMILES string of the molecule is CC(=O)Nc1ccc(C=C(CS)B2OC(C)(C)C(C)(C)O2)cc1. The molecule has 0 saturated carbocycles. The van der Waals surface area contributed by atoms with E-state index >= 15 is 0 Å². The second kappa shape index (κ2) is 6.71. The molecule has 0 radical (unpaired) electrons. The van der Waals surface area contributed by atoms with Crippen molar-refractivity contribution < 1.29 is 14.1 Å². The Morgan fingerprint density at radius 2 is 1.70 bits per heavy atom. The molecule has 6 heteroatoms. The van der Waals surface area contributed by atoms with Crippen molar-refractivity contribution in [2.24, 2.45) is 0 Å². The van der Waals surface area contributed by atoms with Gasteiger partial charge in [0.05, 0.1) is 11.2 Å². The van der Waals surface area contributed by atoms with Crippen LogP contribution in [0.15, 0.2) is 29.7 Å². The van der Waals surface area contributed by atoms with Crippen LogP contribution in [0, 0.1) is 0 Å². The molecular weight excluding hydrogens is 309 g/mol. The maximum absolute atomic E-state index is 11.1. The number of hydrogen-bond donors (Lipinski definition) is 2. The quantitative estimate of drug-likeness (QED) is 0.654. The lowest BCUT2D eigenvalue weighted by molar-refractivity contribution is -0.114. The Morgan fingerprint density at radius 1 is 1.17 bits per heavy atom. The summed E-state index contributed by atoms with van der Waals surface area (Å²) in [5.74, 6) is 0.464. The zero-order valence-electron chi connectivity index (χ0n) is 14.3. The fourth-order valence-electron chi connectivity index (χ4n) is 2.26. The van der Waals surface area contributed by atoms with Crippen LogP contribution in [0.2, 0.25) is 0 Å². The lowest BCUT2D eigenvalue weighted by Gasteiger charge is -2.32. The van der Waals surface area contributed by atoms with E-state index in [0.29, 0.717) is 5.75 Å². The number of rotatable bonds is 4. The van der Waals surface area contributed by atoms with E-state index in [4.69, 9.17) is 9.31 Å². The molecule has 1 saturated heterocycles. The molecular formula is C17H24BNO3S. The van der Waals surface area contributed by atoms with E-state index in [2.05, 4.69) is 17.9 Å². The Hall–Kier alpha value is -1.24. The molecule has 1 amide bonds. The highest BCUT2D eigenvalue weighted by Crippen LogP contribution is 2.39. The van der Waals surface area contributed by atoms with Crippen LogP contribution in [0.5, 0.6) is 0 Å². The molecule has 0 spiro atoms. The van der Waals surface area contributed by atoms with Gasteiger partial charge in [-0.3, -0.25) is 4.79 Å². The molecule has 0 atom stereocenters. The third kappa shape index (κ3) is 4.19. The lowest BCUT2D eigenvalue weighted by Crippen LogP contribution is -2.41. The third-order valence-electron chi connectivity index (χ3n) is 4.32. The Kier molecular flexibility index (Phi) is 5.28. The molecule has 1 aromatic rings. The first-order valence-electron chi connectivity index (χ1n) is 7.69. The lowest BCUT2D eigenvalue weighted by atomic mass is 9.78. The summed E-state index contributed by atoms with van der Waals surface area (Å²) in [5.41, 5.74) is 2.03. The van der Waals surface area contributed by atoms with Crippen LogP contribution in [-0.4, -0.2) is 30.0 Å². The molecule has 0 aromatic heterocycles. The fraction of sp³-hybridized carbons (Fsp3) is 0.471. The minimum atomic E-state index is -0.396. The van der Waals surface area contributed by atoms with Gasteiger partial charge in [-0.25, -0.2) is 0 Å². The van der Waals surface area contributed by atoms with Gasteiger partial charge in [-0.05, 0) is 50.9 Å². The van der Waals surface area contributed by atoms with Gasteiger partial charge in [0, 0.05) is 18.4 Å². The van der Waals surface area contributed by atoms with Gasteiger partial charge in [0.2, 0.25) is 5.91 Å². The normalized spacial score (nSPS) is 19.7. The number of thiol groups is 1. The summed E-state index contributed by atoms with van der Waals surface area (Å²) in [6.45, 7) is 9.62. The predicted molar refractivity (Wildman–Crippen MR) is 98.7 cm³/mol. The van der Waals surface area contributed by atoms with Gasteiger partial charge >= 0.3 is 7.12 Å². The highest BCUT2D eigenvalue weighted by atomic mass is 32.1. The second-order valence-corrected chi connectivity index (χ2v) is 7.09. The number of carbonyl (C=O) groups excluding carboxylic acids is 1. The van der Waals surface area contributed by atoms with Crippen molar-refractivity contribution in [2.75, 3.05) is 11.1 Å². The highest BCUT2D eigenvalue weighted by Gasteiger charge is 2.52. The molecule has 2 rings (SSSR count). The first-order valence-corrected chi connectivity index (χ1v) is 8.32. The number of carbonyl (C=O) groups is 1. The number of hydrogen-bond acceptors (Lipinski definition) is 4. The molecule has 0 unspecified atom stereocenters. The Morgan fingerprint density at radius 3 is 2.13 bits per heavy atom. The van der Waals surface area contributed by atoms with Gasteiger partial charge < -0.3 is 14.6 Å². The van der Waals surface area contributed by atoms with Gasteiger partial charge in [-0.2, -0.15) is 12.6 Å². The van der Waals surface area contributed by atoms with Crippen molar-refractivity contribution in [3.8, 4) is 0 Å². The first kappa shape index (κ1) is 18.1. The zero-order chi connectivity index (χ0) is 17.3. The molecule has 1 aliphatic rings. The van der Waals surface area contributed by atoms with Crippen molar-refractivity contribution in [3.05, 3.63) is 35.3 Å². The highest BCUT2D eigenvalue weighted by molar-refractivity contribution is 7.80. The van der Waals surface area contributed by atoms with Gasteiger partial charge in [0.15, 0.2) is 0 Å². The summed E-state index contributed by atoms with van der Waals surface area (Å²) in [5, 5.41) is 2.75. The minimum Gasteiger partial charge on any atom is -0.400 e. The summed E-state index contributed by atoms with van der Waals surface area (Å²) >= 11 is 4.41. The molecule has 124 valence electrons. The van der Waals surface area contributed by atoms with Crippen LogP contribution in [-0.2, 0) is 14.1 Å². The van der Waals surface area contributed by atoms with Crippen LogP contribution < -0.4 is 5.32 Å². The Bertz CT molecular complexity index is 595. The average Bonchev–Trinajstić information content (AvgIpc) is 2.66. The first-order chi connectivity index (χ1) is 10.6. The summed E-state index contributed by atoms with van der Waals surface area (Å²) in [6, 6.07) is 7.63. The number of benzene rings is 1. The van der Waals surface area contributed by atoms with Crippen molar-refractivity contribution in [1.29, 1.82) is 0 Å². The second-order valence-electron chi connectivity index (χ2n) is 6.77. The minimum absolute atomic E-state index is 0.0819. The Balaban J connectivity index is 2.18. The number of amides is 1. The monoisotopic (exact) mass is 333 g/mol. The van der Waals surface area contributed by atoms with Crippen LogP contribution in [0.1, 0.15) is 40.2 Å². The van der Waals surface area contributed by atoms with Crippen molar-refractivity contribution in [2.45, 2.75) is 45.8 Å². The maximum Gasteiger partial charge on any atom is 0.491 e. The fourth-order valence-corrected chi connectivity index (χ4v) is 2.50. The van der Waals surface area contributed by atoms with Crippen LogP contribution in [0.4, 0.5) is 5.69 Å². The maximum atomic E-state index is 11.1. The van der Waals surface area contributed by atoms with Crippen molar-refractivity contribution in [1.82, 2.24) is 0 Å². The summed E-state index contributed by atoms with van der Waals surface area (Å²) in [6.07, 6.45) is 2.02. The van der Waals surface area contributed by atoms with E-state index in [-0.39, 0.29) is 17.1 Å². The molecule has 4 nitrogen and oxygen atoms in total.